The topological polar surface area (TPSA) is 29.1 Å². The Bertz CT molecular complexity index is 583. The van der Waals surface area contributed by atoms with Gasteiger partial charge >= 0.3 is 0 Å². The molecule has 1 N–H and O–H groups in total. The zero-order chi connectivity index (χ0) is 13.8. The monoisotopic (exact) mass is 377 g/mol. The number of anilines is 1. The summed E-state index contributed by atoms with van der Waals surface area (Å²) < 4.78 is 0.904. The highest BCUT2D eigenvalue weighted by atomic mass is 79.9. The SMILES string of the molecule is O=C(Nc1ccc(CCBr)cc1)c1cc(Cl)sc1Cl. The van der Waals surface area contributed by atoms with E-state index in [0.29, 0.717) is 14.2 Å². The highest BCUT2D eigenvalue weighted by Crippen LogP contribution is 2.31. The molecule has 1 amide bonds. The first-order chi connectivity index (χ1) is 9.10. The van der Waals surface area contributed by atoms with Gasteiger partial charge in [0, 0.05) is 11.0 Å². The molecule has 6 heteroatoms. The molecule has 100 valence electrons. The van der Waals surface area contributed by atoms with Gasteiger partial charge in [-0.3, -0.25) is 4.79 Å². The summed E-state index contributed by atoms with van der Waals surface area (Å²) in [6.07, 6.45) is 0.959. The Morgan fingerprint density at radius 1 is 1.26 bits per heavy atom. The van der Waals surface area contributed by atoms with E-state index in [1.807, 2.05) is 24.3 Å². The van der Waals surface area contributed by atoms with Gasteiger partial charge in [-0.25, -0.2) is 0 Å². The number of amides is 1. The number of hydrogen-bond acceptors (Lipinski definition) is 2. The summed E-state index contributed by atoms with van der Waals surface area (Å²) in [7, 11) is 0. The lowest BCUT2D eigenvalue weighted by atomic mass is 10.1. The van der Waals surface area contributed by atoms with Gasteiger partial charge in [0.2, 0.25) is 0 Å². The van der Waals surface area contributed by atoms with Crippen LogP contribution in [0.25, 0.3) is 0 Å². The third-order valence-electron chi connectivity index (χ3n) is 2.50. The molecule has 0 radical (unpaired) electrons. The molecule has 2 nitrogen and oxygen atoms in total. The number of carbonyl (C=O) groups is 1. The van der Waals surface area contributed by atoms with Crippen molar-refractivity contribution in [3.05, 3.63) is 50.1 Å². The molecule has 0 aliphatic carbocycles. The molecule has 0 spiro atoms. The molecular formula is C13H10BrCl2NOS. The smallest absolute Gasteiger partial charge is 0.258 e. The maximum Gasteiger partial charge on any atom is 0.258 e. The van der Waals surface area contributed by atoms with Crippen LogP contribution in [0.1, 0.15) is 15.9 Å². The Morgan fingerprint density at radius 3 is 2.47 bits per heavy atom. The molecule has 1 aromatic carbocycles. The summed E-state index contributed by atoms with van der Waals surface area (Å²) in [6.45, 7) is 0. The minimum Gasteiger partial charge on any atom is -0.322 e. The fraction of sp³-hybridized carbons (Fsp3) is 0.154. The molecule has 1 aromatic heterocycles. The Kier molecular flexibility index (Phi) is 5.28. The van der Waals surface area contributed by atoms with E-state index in [1.165, 1.54) is 16.9 Å². The van der Waals surface area contributed by atoms with Crippen LogP contribution in [-0.4, -0.2) is 11.2 Å². The molecule has 0 unspecified atom stereocenters. The van der Waals surface area contributed by atoms with E-state index in [4.69, 9.17) is 23.2 Å². The van der Waals surface area contributed by atoms with Crippen molar-refractivity contribution in [2.45, 2.75) is 6.42 Å². The first-order valence-electron chi connectivity index (χ1n) is 5.51. The van der Waals surface area contributed by atoms with Crippen LogP contribution in [0.2, 0.25) is 8.67 Å². The lowest BCUT2D eigenvalue weighted by Crippen LogP contribution is -2.11. The second-order valence-corrected chi connectivity index (χ2v) is 6.91. The summed E-state index contributed by atoms with van der Waals surface area (Å²) in [6, 6.07) is 9.29. The van der Waals surface area contributed by atoms with Crippen LogP contribution in [-0.2, 0) is 6.42 Å². The summed E-state index contributed by atoms with van der Waals surface area (Å²) >= 11 is 16.3. The summed E-state index contributed by atoms with van der Waals surface area (Å²) in [5, 5.41) is 3.71. The van der Waals surface area contributed by atoms with Crippen molar-refractivity contribution < 1.29 is 4.79 Å². The molecule has 0 aliphatic rings. The Labute approximate surface area is 133 Å². The van der Waals surface area contributed by atoms with Crippen LogP contribution in [0.3, 0.4) is 0 Å². The quantitative estimate of drug-likeness (QED) is 0.723. The lowest BCUT2D eigenvalue weighted by molar-refractivity contribution is 0.102. The van der Waals surface area contributed by atoms with Gasteiger partial charge in [-0.05, 0) is 30.2 Å². The van der Waals surface area contributed by atoms with Crippen molar-refractivity contribution in [3.63, 3.8) is 0 Å². The third kappa shape index (κ3) is 3.96. The first-order valence-corrected chi connectivity index (χ1v) is 8.20. The first kappa shape index (κ1) is 14.9. The highest BCUT2D eigenvalue weighted by Gasteiger charge is 2.14. The number of rotatable bonds is 4. The van der Waals surface area contributed by atoms with E-state index in [0.717, 1.165) is 17.4 Å². The Balaban J connectivity index is 2.08. The van der Waals surface area contributed by atoms with E-state index >= 15 is 0 Å². The number of alkyl halides is 1. The zero-order valence-corrected chi connectivity index (χ0v) is 13.7. The van der Waals surface area contributed by atoms with E-state index in [9.17, 15) is 4.79 Å². The third-order valence-corrected chi connectivity index (χ3v) is 4.38. The molecule has 0 atom stereocenters. The number of thiophene rings is 1. The predicted octanol–water partition coefficient (Wildman–Crippen LogP) is 5.24. The number of benzene rings is 1. The fourth-order valence-electron chi connectivity index (χ4n) is 1.56. The van der Waals surface area contributed by atoms with Crippen molar-refractivity contribution in [3.8, 4) is 0 Å². The van der Waals surface area contributed by atoms with Gasteiger partial charge in [0.1, 0.15) is 4.34 Å². The number of hydrogen-bond donors (Lipinski definition) is 1. The van der Waals surface area contributed by atoms with Crippen LogP contribution < -0.4 is 5.32 Å². The van der Waals surface area contributed by atoms with Crippen LogP contribution in [0.15, 0.2) is 30.3 Å². The van der Waals surface area contributed by atoms with Gasteiger partial charge < -0.3 is 5.32 Å². The number of carbonyl (C=O) groups excluding carboxylic acids is 1. The van der Waals surface area contributed by atoms with Gasteiger partial charge in [-0.1, -0.05) is 51.3 Å². The average molecular weight is 379 g/mol. The van der Waals surface area contributed by atoms with Gasteiger partial charge in [-0.15, -0.1) is 11.3 Å². The van der Waals surface area contributed by atoms with Gasteiger partial charge in [0.05, 0.1) is 9.90 Å². The largest absolute Gasteiger partial charge is 0.322 e. The molecule has 0 aliphatic heterocycles. The fourth-order valence-corrected chi connectivity index (χ4v) is 3.47. The lowest BCUT2D eigenvalue weighted by Gasteiger charge is -2.05. The molecule has 0 fully saturated rings. The van der Waals surface area contributed by atoms with Crippen LogP contribution in [0, 0.1) is 0 Å². The van der Waals surface area contributed by atoms with Crippen molar-refractivity contribution in [2.24, 2.45) is 0 Å². The zero-order valence-electron chi connectivity index (χ0n) is 9.75. The van der Waals surface area contributed by atoms with Crippen LogP contribution >= 0.6 is 50.5 Å². The maximum atomic E-state index is 12.0. The van der Waals surface area contributed by atoms with E-state index < -0.39 is 0 Å². The molecular weight excluding hydrogens is 369 g/mol. The summed E-state index contributed by atoms with van der Waals surface area (Å²) in [4.78, 5) is 12.0. The van der Waals surface area contributed by atoms with Gasteiger partial charge in [0.25, 0.3) is 5.91 Å². The summed E-state index contributed by atoms with van der Waals surface area (Å²) in [5.41, 5.74) is 2.36. The van der Waals surface area contributed by atoms with Crippen molar-refractivity contribution in [2.75, 3.05) is 10.6 Å². The van der Waals surface area contributed by atoms with Gasteiger partial charge in [0.15, 0.2) is 0 Å². The van der Waals surface area contributed by atoms with Crippen molar-refractivity contribution >= 4 is 62.1 Å². The number of halogens is 3. The molecule has 2 aromatic rings. The molecule has 0 bridgehead atoms. The minimum absolute atomic E-state index is 0.249. The molecule has 1 heterocycles. The average Bonchev–Trinajstić information content (AvgIpc) is 2.71. The molecule has 2 rings (SSSR count). The highest BCUT2D eigenvalue weighted by molar-refractivity contribution is 9.09. The molecule has 0 saturated carbocycles. The Morgan fingerprint density at radius 2 is 1.95 bits per heavy atom. The Hall–Kier alpha value is -0.550. The molecule has 19 heavy (non-hydrogen) atoms. The van der Waals surface area contributed by atoms with E-state index in [2.05, 4.69) is 21.2 Å². The minimum atomic E-state index is -0.249. The predicted molar refractivity (Wildman–Crippen MR) is 86.2 cm³/mol. The van der Waals surface area contributed by atoms with E-state index in [1.54, 1.807) is 6.07 Å². The van der Waals surface area contributed by atoms with Gasteiger partial charge in [-0.2, -0.15) is 0 Å². The molecule has 0 saturated heterocycles. The second-order valence-electron chi connectivity index (χ2n) is 3.83. The number of nitrogens with one attached hydrogen (secondary N) is 1. The number of aryl methyl sites for hydroxylation is 1. The van der Waals surface area contributed by atoms with E-state index in [-0.39, 0.29) is 5.91 Å². The van der Waals surface area contributed by atoms with Crippen LogP contribution in [0.4, 0.5) is 5.69 Å². The second kappa shape index (κ2) is 6.75. The maximum absolute atomic E-state index is 12.0. The van der Waals surface area contributed by atoms with Crippen LogP contribution in [0.5, 0.6) is 0 Å². The van der Waals surface area contributed by atoms with Crippen molar-refractivity contribution in [1.82, 2.24) is 0 Å². The summed E-state index contributed by atoms with van der Waals surface area (Å²) in [5.74, 6) is -0.249. The normalized spacial score (nSPS) is 10.5. The standard InChI is InChI=1S/C13H10BrCl2NOS/c14-6-5-8-1-3-9(4-2-8)17-13(18)10-7-11(15)19-12(10)16/h1-4,7H,5-6H2,(H,17,18). The van der Waals surface area contributed by atoms with Crippen molar-refractivity contribution in [1.29, 1.82) is 0 Å².